The topological polar surface area (TPSA) is 80.8 Å². The zero-order valence-corrected chi connectivity index (χ0v) is 8.99. The molecular weight excluding hydrogens is 220 g/mol. The van der Waals surface area contributed by atoms with Crippen molar-refractivity contribution in [3.63, 3.8) is 0 Å². The van der Waals surface area contributed by atoms with Crippen molar-refractivity contribution in [2.45, 2.75) is 0 Å². The van der Waals surface area contributed by atoms with Crippen LogP contribution in [0.15, 0.2) is 30.7 Å². The fourth-order valence-corrected chi connectivity index (χ4v) is 1.44. The fourth-order valence-electron chi connectivity index (χ4n) is 1.44. The highest BCUT2D eigenvalue weighted by molar-refractivity contribution is 5.96. The van der Waals surface area contributed by atoms with Gasteiger partial charge in [-0.15, -0.1) is 5.26 Å². The smallest absolute Gasteiger partial charge is 0.347 e. The van der Waals surface area contributed by atoms with Crippen molar-refractivity contribution in [3.05, 3.63) is 36.3 Å². The van der Waals surface area contributed by atoms with Crippen LogP contribution in [0.4, 0.5) is 0 Å². The summed E-state index contributed by atoms with van der Waals surface area (Å²) in [6, 6.07) is 3.16. The second kappa shape index (κ2) is 4.45. The van der Waals surface area contributed by atoms with Crippen molar-refractivity contribution in [3.8, 4) is 17.5 Å². The first kappa shape index (κ1) is 10.8. The third kappa shape index (κ3) is 2.13. The summed E-state index contributed by atoms with van der Waals surface area (Å²) in [6.45, 7) is 0. The van der Waals surface area contributed by atoms with E-state index in [0.717, 1.165) is 0 Å². The Morgan fingerprint density at radius 2 is 2.41 bits per heavy atom. The molecule has 0 aliphatic rings. The third-order valence-electron chi connectivity index (χ3n) is 2.14. The van der Waals surface area contributed by atoms with Crippen LogP contribution in [0.2, 0.25) is 0 Å². The van der Waals surface area contributed by atoms with Gasteiger partial charge in [0.05, 0.1) is 17.5 Å². The lowest BCUT2D eigenvalue weighted by Gasteiger charge is -2.02. The number of pyridine rings is 1. The number of esters is 1. The molecule has 0 aliphatic heterocycles. The number of aromatic nitrogens is 3. The molecule has 6 nitrogen and oxygen atoms in total. The molecule has 0 amide bonds. The van der Waals surface area contributed by atoms with Crippen molar-refractivity contribution in [1.29, 1.82) is 5.26 Å². The van der Waals surface area contributed by atoms with Crippen molar-refractivity contribution in [2.75, 3.05) is 0 Å². The van der Waals surface area contributed by atoms with Crippen LogP contribution in [-0.4, -0.2) is 20.7 Å². The maximum absolute atomic E-state index is 11.5. The van der Waals surface area contributed by atoms with E-state index in [0.29, 0.717) is 11.3 Å². The number of hydrogen-bond donors (Lipinski definition) is 0. The van der Waals surface area contributed by atoms with Crippen molar-refractivity contribution in [1.82, 2.24) is 14.8 Å². The first-order chi connectivity index (χ1) is 8.22. The number of hydrogen-bond acceptors (Lipinski definition) is 5. The van der Waals surface area contributed by atoms with Gasteiger partial charge in [0, 0.05) is 25.0 Å². The normalized spacial score (nSPS) is 9.65. The van der Waals surface area contributed by atoms with Crippen LogP contribution < -0.4 is 0 Å². The monoisotopic (exact) mass is 228 g/mol. The first-order valence-corrected chi connectivity index (χ1v) is 4.76. The molecule has 84 valence electrons. The van der Waals surface area contributed by atoms with Crippen LogP contribution in [0, 0.1) is 11.5 Å². The van der Waals surface area contributed by atoms with Crippen LogP contribution in [0.3, 0.4) is 0 Å². The van der Waals surface area contributed by atoms with Gasteiger partial charge in [0.2, 0.25) is 0 Å². The molecule has 0 saturated heterocycles. The number of aryl methyl sites for hydroxylation is 1. The number of carbonyl (C=O) groups is 1. The Hall–Kier alpha value is -2.68. The van der Waals surface area contributed by atoms with Crippen LogP contribution >= 0.6 is 0 Å². The third-order valence-corrected chi connectivity index (χ3v) is 2.14. The standard InChI is InChI=1S/C11H8N4O2/c1-15-6-8(5-14-15)10-9(3-2-4-13-10)11(16)17-7-12/h2-6H,1H3. The van der Waals surface area contributed by atoms with Gasteiger partial charge in [-0.1, -0.05) is 0 Å². The van der Waals surface area contributed by atoms with Gasteiger partial charge in [-0.3, -0.25) is 9.67 Å². The van der Waals surface area contributed by atoms with Gasteiger partial charge in [-0.25, -0.2) is 4.79 Å². The average Bonchev–Trinajstić information content (AvgIpc) is 2.76. The van der Waals surface area contributed by atoms with Gasteiger partial charge in [0.25, 0.3) is 6.26 Å². The van der Waals surface area contributed by atoms with Gasteiger partial charge in [0.15, 0.2) is 0 Å². The molecule has 0 aromatic carbocycles. The number of ether oxygens (including phenoxy) is 1. The summed E-state index contributed by atoms with van der Waals surface area (Å²) in [7, 11) is 1.76. The fraction of sp³-hybridized carbons (Fsp3) is 0.0909. The summed E-state index contributed by atoms with van der Waals surface area (Å²) in [5, 5.41) is 12.3. The van der Waals surface area contributed by atoms with E-state index < -0.39 is 5.97 Å². The minimum Gasteiger partial charge on any atom is -0.347 e. The van der Waals surface area contributed by atoms with Crippen LogP contribution in [-0.2, 0) is 11.8 Å². The largest absolute Gasteiger partial charge is 0.355 e. The van der Waals surface area contributed by atoms with Gasteiger partial charge in [-0.2, -0.15) is 5.10 Å². The predicted molar refractivity (Wildman–Crippen MR) is 57.5 cm³/mol. The quantitative estimate of drug-likeness (QED) is 0.568. The Bertz CT molecular complexity index is 598. The van der Waals surface area contributed by atoms with E-state index in [-0.39, 0.29) is 5.56 Å². The maximum atomic E-state index is 11.5. The lowest BCUT2D eigenvalue weighted by molar-refractivity contribution is 0.0685. The second-order valence-corrected chi connectivity index (χ2v) is 3.28. The average molecular weight is 228 g/mol. The summed E-state index contributed by atoms with van der Waals surface area (Å²) in [5.74, 6) is -0.723. The molecule has 0 fully saturated rings. The molecule has 0 saturated carbocycles. The van der Waals surface area contributed by atoms with E-state index in [4.69, 9.17) is 5.26 Å². The molecule has 2 rings (SSSR count). The highest BCUT2D eigenvalue weighted by Gasteiger charge is 2.16. The molecule has 0 spiro atoms. The van der Waals surface area contributed by atoms with Crippen molar-refractivity contribution < 1.29 is 9.53 Å². The van der Waals surface area contributed by atoms with Crippen molar-refractivity contribution >= 4 is 5.97 Å². The number of carbonyl (C=O) groups excluding carboxylic acids is 1. The van der Waals surface area contributed by atoms with E-state index in [1.54, 1.807) is 42.5 Å². The minimum atomic E-state index is -0.723. The van der Waals surface area contributed by atoms with E-state index in [1.807, 2.05) is 0 Å². The number of rotatable bonds is 2. The van der Waals surface area contributed by atoms with E-state index in [2.05, 4.69) is 14.8 Å². The van der Waals surface area contributed by atoms with E-state index in [1.165, 1.54) is 6.26 Å². The Labute approximate surface area is 97.1 Å². The number of nitrogens with zero attached hydrogens (tertiary/aromatic N) is 4. The summed E-state index contributed by atoms with van der Waals surface area (Å²) in [4.78, 5) is 15.6. The molecule has 0 N–H and O–H groups in total. The van der Waals surface area contributed by atoms with Gasteiger partial charge in [-0.05, 0) is 12.1 Å². The Morgan fingerprint density at radius 3 is 3.06 bits per heavy atom. The Morgan fingerprint density at radius 1 is 1.59 bits per heavy atom. The molecule has 2 aromatic rings. The highest BCUT2D eigenvalue weighted by atomic mass is 16.5. The van der Waals surface area contributed by atoms with Gasteiger partial charge in [0.1, 0.15) is 0 Å². The summed E-state index contributed by atoms with van der Waals surface area (Å²) in [5.41, 5.74) is 1.38. The molecule has 0 bridgehead atoms. The maximum Gasteiger partial charge on any atom is 0.355 e. The molecule has 6 heteroatoms. The Balaban J connectivity index is 2.48. The molecule has 0 unspecified atom stereocenters. The molecular formula is C11H8N4O2. The van der Waals surface area contributed by atoms with Gasteiger partial charge < -0.3 is 4.74 Å². The molecule has 0 atom stereocenters. The van der Waals surface area contributed by atoms with Crippen LogP contribution in [0.25, 0.3) is 11.3 Å². The second-order valence-electron chi connectivity index (χ2n) is 3.28. The predicted octanol–water partition coefficient (Wildman–Crippen LogP) is 1.12. The Kier molecular flexibility index (Phi) is 2.83. The molecule has 2 heterocycles. The zero-order valence-electron chi connectivity index (χ0n) is 8.99. The van der Waals surface area contributed by atoms with Crippen LogP contribution in [0.1, 0.15) is 10.4 Å². The highest BCUT2D eigenvalue weighted by Crippen LogP contribution is 2.20. The first-order valence-electron chi connectivity index (χ1n) is 4.76. The van der Waals surface area contributed by atoms with Crippen molar-refractivity contribution in [2.24, 2.45) is 7.05 Å². The lowest BCUT2D eigenvalue weighted by Crippen LogP contribution is -2.04. The summed E-state index contributed by atoms with van der Waals surface area (Å²) < 4.78 is 5.90. The summed E-state index contributed by atoms with van der Waals surface area (Å²) >= 11 is 0. The molecule has 0 aliphatic carbocycles. The molecule has 17 heavy (non-hydrogen) atoms. The zero-order chi connectivity index (χ0) is 12.3. The van der Waals surface area contributed by atoms with E-state index in [9.17, 15) is 4.79 Å². The van der Waals surface area contributed by atoms with Crippen LogP contribution in [0.5, 0.6) is 0 Å². The SMILES string of the molecule is Cn1cc(-c2ncccc2C(=O)OC#N)cn1. The lowest BCUT2D eigenvalue weighted by atomic mass is 10.1. The molecule has 0 radical (unpaired) electrons. The summed E-state index contributed by atoms with van der Waals surface area (Å²) in [6.07, 6.45) is 6.23. The van der Waals surface area contributed by atoms with Gasteiger partial charge >= 0.3 is 5.97 Å². The number of nitriles is 1. The minimum absolute atomic E-state index is 0.238. The van der Waals surface area contributed by atoms with E-state index >= 15 is 0 Å². The molecule has 2 aromatic heterocycles.